The summed E-state index contributed by atoms with van der Waals surface area (Å²) in [5.74, 6) is 0. The molecule has 0 aromatic heterocycles. The second kappa shape index (κ2) is 6.89. The third-order valence-electron chi connectivity index (χ3n) is 4.39. The number of amides is 1. The van der Waals surface area contributed by atoms with E-state index in [9.17, 15) is 4.79 Å². The molecule has 0 spiro atoms. The smallest absolute Gasteiger partial charge is 0.407 e. The molecule has 1 aliphatic heterocycles. The Morgan fingerprint density at radius 2 is 1.82 bits per heavy atom. The fourth-order valence-electron chi connectivity index (χ4n) is 2.06. The number of hydrogen-bond donors (Lipinski definition) is 2. The van der Waals surface area contributed by atoms with Gasteiger partial charge in [0.15, 0.2) is 8.32 Å². The highest BCUT2D eigenvalue weighted by atomic mass is 28.4. The zero-order valence-corrected chi connectivity index (χ0v) is 16.5. The van der Waals surface area contributed by atoms with Gasteiger partial charge in [0.1, 0.15) is 5.60 Å². The number of hydrogen-bond acceptors (Lipinski definition) is 4. The molecule has 0 aromatic rings. The summed E-state index contributed by atoms with van der Waals surface area (Å²) < 4.78 is 11.5. The summed E-state index contributed by atoms with van der Waals surface area (Å²) in [5, 5.41) is 6.57. The summed E-state index contributed by atoms with van der Waals surface area (Å²) in [6.07, 6.45) is 0.540. The van der Waals surface area contributed by atoms with Crippen LogP contribution in [-0.2, 0) is 9.16 Å². The predicted octanol–water partition coefficient (Wildman–Crippen LogP) is 3.26. The minimum absolute atomic E-state index is 0.114. The van der Waals surface area contributed by atoms with E-state index in [0.717, 1.165) is 13.0 Å². The van der Waals surface area contributed by atoms with Crippen molar-refractivity contribution in [2.24, 2.45) is 0 Å². The van der Waals surface area contributed by atoms with Crippen molar-refractivity contribution in [1.82, 2.24) is 10.6 Å². The van der Waals surface area contributed by atoms with E-state index in [1.54, 1.807) is 0 Å². The number of carbonyl (C=O) groups is 1. The minimum atomic E-state index is -1.71. The monoisotopic (exact) mass is 330 g/mol. The maximum Gasteiger partial charge on any atom is 0.407 e. The van der Waals surface area contributed by atoms with Crippen molar-refractivity contribution in [3.05, 3.63) is 0 Å². The van der Waals surface area contributed by atoms with Gasteiger partial charge < -0.3 is 19.8 Å². The molecule has 0 bridgehead atoms. The van der Waals surface area contributed by atoms with Gasteiger partial charge in [-0.3, -0.25) is 0 Å². The van der Waals surface area contributed by atoms with Gasteiger partial charge in [-0.25, -0.2) is 4.79 Å². The Labute approximate surface area is 136 Å². The van der Waals surface area contributed by atoms with Crippen LogP contribution in [-0.4, -0.2) is 45.2 Å². The topological polar surface area (TPSA) is 59.6 Å². The standard InChI is InChI=1S/C16H34N2O3Si/c1-15(2,3)21-14(19)18-12-9-13(17-10-12)11-20-22(7,8)16(4,5)6/h12-13,17H,9-11H2,1-8H3,(H,18,19)/t12-,13+/m1/s1. The third kappa shape index (κ3) is 6.26. The lowest BCUT2D eigenvalue weighted by atomic mass is 10.2. The largest absolute Gasteiger partial charge is 0.444 e. The van der Waals surface area contributed by atoms with E-state index in [-0.39, 0.29) is 17.2 Å². The first-order chi connectivity index (χ1) is 9.80. The molecular formula is C16H34N2O3Si. The van der Waals surface area contributed by atoms with Crippen molar-refractivity contribution in [3.63, 3.8) is 0 Å². The first kappa shape index (κ1) is 19.5. The third-order valence-corrected chi connectivity index (χ3v) is 8.90. The summed E-state index contributed by atoms with van der Waals surface area (Å²) in [5.41, 5.74) is -0.457. The van der Waals surface area contributed by atoms with Crippen molar-refractivity contribution in [3.8, 4) is 0 Å². The second-order valence-corrected chi connectivity index (χ2v) is 13.6. The Morgan fingerprint density at radius 3 is 2.32 bits per heavy atom. The fraction of sp³-hybridized carbons (Fsp3) is 0.938. The molecule has 5 nitrogen and oxygen atoms in total. The van der Waals surface area contributed by atoms with Gasteiger partial charge in [0.2, 0.25) is 0 Å². The highest BCUT2D eigenvalue weighted by Crippen LogP contribution is 2.36. The second-order valence-electron chi connectivity index (χ2n) is 8.76. The molecule has 0 aromatic carbocycles. The molecule has 22 heavy (non-hydrogen) atoms. The zero-order chi connectivity index (χ0) is 17.2. The number of alkyl carbamates (subject to hydrolysis) is 1. The molecule has 0 radical (unpaired) electrons. The summed E-state index contributed by atoms with van der Waals surface area (Å²) in [4.78, 5) is 11.8. The van der Waals surface area contributed by atoms with Crippen LogP contribution >= 0.6 is 0 Å². The van der Waals surface area contributed by atoms with Gasteiger partial charge in [0, 0.05) is 25.2 Å². The zero-order valence-electron chi connectivity index (χ0n) is 15.5. The molecule has 1 aliphatic rings. The Kier molecular flexibility index (Phi) is 6.09. The lowest BCUT2D eigenvalue weighted by molar-refractivity contribution is 0.0507. The van der Waals surface area contributed by atoms with Crippen LogP contribution in [0.5, 0.6) is 0 Å². The molecule has 2 atom stereocenters. The van der Waals surface area contributed by atoms with Crippen LogP contribution in [0.2, 0.25) is 18.1 Å². The molecule has 2 N–H and O–H groups in total. The van der Waals surface area contributed by atoms with Crippen LogP contribution in [0.3, 0.4) is 0 Å². The van der Waals surface area contributed by atoms with E-state index in [1.807, 2.05) is 20.8 Å². The van der Waals surface area contributed by atoms with Gasteiger partial charge in [-0.2, -0.15) is 0 Å². The van der Waals surface area contributed by atoms with Crippen LogP contribution in [0.25, 0.3) is 0 Å². The Balaban J connectivity index is 2.36. The molecule has 130 valence electrons. The Bertz CT molecular complexity index is 386. The van der Waals surface area contributed by atoms with E-state index in [0.29, 0.717) is 12.6 Å². The summed E-state index contributed by atoms with van der Waals surface area (Å²) >= 11 is 0. The van der Waals surface area contributed by atoms with Crippen LogP contribution in [0.1, 0.15) is 48.0 Å². The SMILES string of the molecule is CC(C)(C)OC(=O)N[C@H]1CN[C@H](CO[Si](C)(C)C(C)(C)C)C1. The van der Waals surface area contributed by atoms with Crippen LogP contribution in [0.15, 0.2) is 0 Å². The summed E-state index contributed by atoms with van der Waals surface area (Å²) in [6, 6.07) is 0.414. The van der Waals surface area contributed by atoms with Crippen LogP contribution in [0, 0.1) is 0 Å². The fourth-order valence-corrected chi connectivity index (χ4v) is 3.11. The molecule has 1 heterocycles. The molecule has 0 aliphatic carbocycles. The average Bonchev–Trinajstić information content (AvgIpc) is 2.69. The van der Waals surface area contributed by atoms with Gasteiger partial charge in [-0.05, 0) is 45.3 Å². The van der Waals surface area contributed by atoms with Gasteiger partial charge in [-0.15, -0.1) is 0 Å². The van der Waals surface area contributed by atoms with Crippen molar-refractivity contribution in [1.29, 1.82) is 0 Å². The molecule has 1 saturated heterocycles. The lowest BCUT2D eigenvalue weighted by Gasteiger charge is -2.37. The van der Waals surface area contributed by atoms with E-state index in [2.05, 4.69) is 44.5 Å². The number of rotatable bonds is 4. The highest BCUT2D eigenvalue weighted by Gasteiger charge is 2.38. The highest BCUT2D eigenvalue weighted by molar-refractivity contribution is 6.74. The first-order valence-electron chi connectivity index (χ1n) is 8.17. The molecule has 1 rings (SSSR count). The van der Waals surface area contributed by atoms with Gasteiger partial charge in [0.25, 0.3) is 0 Å². The van der Waals surface area contributed by atoms with E-state index < -0.39 is 13.9 Å². The first-order valence-corrected chi connectivity index (χ1v) is 11.1. The van der Waals surface area contributed by atoms with Crippen LogP contribution < -0.4 is 10.6 Å². The normalized spacial score (nSPS) is 23.5. The van der Waals surface area contributed by atoms with E-state index >= 15 is 0 Å². The van der Waals surface area contributed by atoms with E-state index in [4.69, 9.17) is 9.16 Å². The maximum absolute atomic E-state index is 11.8. The molecule has 0 unspecified atom stereocenters. The quantitative estimate of drug-likeness (QED) is 0.777. The average molecular weight is 331 g/mol. The Hall–Kier alpha value is -0.593. The van der Waals surface area contributed by atoms with Crippen molar-refractivity contribution in [2.75, 3.05) is 13.2 Å². The molecule has 0 saturated carbocycles. The predicted molar refractivity (Wildman–Crippen MR) is 92.7 cm³/mol. The summed E-state index contributed by atoms with van der Waals surface area (Å²) in [6.45, 7) is 18.3. The molecule has 1 amide bonds. The van der Waals surface area contributed by atoms with Crippen molar-refractivity contribution in [2.45, 2.75) is 83.8 Å². The van der Waals surface area contributed by atoms with Crippen molar-refractivity contribution >= 4 is 14.4 Å². The van der Waals surface area contributed by atoms with Crippen LogP contribution in [0.4, 0.5) is 4.79 Å². The maximum atomic E-state index is 11.8. The molecule has 1 fully saturated rings. The van der Waals surface area contributed by atoms with Gasteiger partial charge >= 0.3 is 6.09 Å². The summed E-state index contributed by atoms with van der Waals surface area (Å²) in [7, 11) is -1.71. The Morgan fingerprint density at radius 1 is 1.23 bits per heavy atom. The van der Waals surface area contributed by atoms with Crippen molar-refractivity contribution < 1.29 is 14.0 Å². The van der Waals surface area contributed by atoms with Gasteiger partial charge in [0.05, 0.1) is 0 Å². The molecule has 6 heteroatoms. The lowest BCUT2D eigenvalue weighted by Crippen LogP contribution is -2.43. The van der Waals surface area contributed by atoms with Gasteiger partial charge in [-0.1, -0.05) is 20.8 Å². The number of nitrogens with one attached hydrogen (secondary N) is 2. The van der Waals surface area contributed by atoms with E-state index in [1.165, 1.54) is 0 Å². The number of carbonyl (C=O) groups excluding carboxylic acids is 1. The number of ether oxygens (including phenoxy) is 1. The minimum Gasteiger partial charge on any atom is -0.444 e. The molecular weight excluding hydrogens is 296 g/mol.